The predicted octanol–water partition coefficient (Wildman–Crippen LogP) is 3.40. The number of carbonyl (C=O) groups excluding carboxylic acids is 2. The van der Waals surface area contributed by atoms with E-state index in [-0.39, 0.29) is 11.8 Å². The predicted molar refractivity (Wildman–Crippen MR) is 101 cm³/mol. The van der Waals surface area contributed by atoms with Gasteiger partial charge in [0.05, 0.1) is 5.56 Å². The van der Waals surface area contributed by atoms with Crippen molar-refractivity contribution in [1.29, 1.82) is 0 Å². The number of hydrogen-bond acceptors (Lipinski definition) is 4. The lowest BCUT2D eigenvalue weighted by molar-refractivity contribution is -0.124. The topological polar surface area (TPSA) is 53.5 Å². The minimum atomic E-state index is -0.0146. The summed E-state index contributed by atoms with van der Waals surface area (Å²) in [6.07, 6.45) is 5.11. The second-order valence-corrected chi connectivity index (χ2v) is 7.48. The molecule has 1 aromatic rings. The Morgan fingerprint density at radius 3 is 2.72 bits per heavy atom. The van der Waals surface area contributed by atoms with Crippen LogP contribution < -0.4 is 4.90 Å². The van der Waals surface area contributed by atoms with E-state index in [2.05, 4.69) is 30.7 Å². The van der Waals surface area contributed by atoms with Gasteiger partial charge in [0.1, 0.15) is 11.6 Å². The number of nitrogens with zero attached hydrogens (tertiary/aromatic N) is 3. The zero-order valence-corrected chi connectivity index (χ0v) is 16.0. The van der Waals surface area contributed by atoms with E-state index in [1.54, 1.807) is 6.20 Å². The highest BCUT2D eigenvalue weighted by molar-refractivity contribution is 5.94. The lowest BCUT2D eigenvalue weighted by Gasteiger charge is -2.32. The summed E-state index contributed by atoms with van der Waals surface area (Å²) in [5.41, 5.74) is 0.602. The number of piperidine rings is 1. The van der Waals surface area contributed by atoms with Crippen molar-refractivity contribution < 1.29 is 9.59 Å². The molecule has 2 rings (SSSR count). The normalized spacial score (nSPS) is 17.6. The number of aromatic nitrogens is 1. The van der Waals surface area contributed by atoms with Crippen LogP contribution in [0.25, 0.3) is 0 Å². The van der Waals surface area contributed by atoms with Gasteiger partial charge >= 0.3 is 0 Å². The molecule has 1 aliphatic heterocycles. The molecule has 1 aromatic heterocycles. The molecule has 0 radical (unpaired) electrons. The smallest absolute Gasteiger partial charge is 0.255 e. The molecule has 1 aliphatic rings. The van der Waals surface area contributed by atoms with Crippen molar-refractivity contribution in [1.82, 2.24) is 9.88 Å². The van der Waals surface area contributed by atoms with Crippen LogP contribution in [-0.4, -0.2) is 48.3 Å². The van der Waals surface area contributed by atoms with E-state index in [9.17, 15) is 9.59 Å². The average molecular weight is 345 g/mol. The summed E-state index contributed by atoms with van der Waals surface area (Å²) in [6.45, 7) is 8.45. The SMILES string of the molecule is CCCN(C)c1ccc(C(=O)N2CCCC(C(=O)CC(C)C)C2)cn1. The fourth-order valence-corrected chi connectivity index (χ4v) is 3.36. The van der Waals surface area contributed by atoms with E-state index in [0.29, 0.717) is 30.2 Å². The molecule has 5 heteroatoms. The van der Waals surface area contributed by atoms with Gasteiger partial charge in [-0.3, -0.25) is 9.59 Å². The highest BCUT2D eigenvalue weighted by Crippen LogP contribution is 2.22. The number of Topliss-reactive ketones (excluding diaryl/α,β-unsaturated/α-hetero) is 1. The van der Waals surface area contributed by atoms with Crippen molar-refractivity contribution in [2.45, 2.75) is 46.5 Å². The molecule has 5 nitrogen and oxygen atoms in total. The maximum atomic E-state index is 12.8. The molecule has 0 aromatic carbocycles. The van der Waals surface area contributed by atoms with Gasteiger partial charge in [0.25, 0.3) is 5.91 Å². The van der Waals surface area contributed by atoms with E-state index in [1.807, 2.05) is 24.1 Å². The summed E-state index contributed by atoms with van der Waals surface area (Å²) in [5.74, 6) is 1.52. The van der Waals surface area contributed by atoms with Crippen LogP contribution in [0.3, 0.4) is 0 Å². The molecule has 0 aliphatic carbocycles. The first kappa shape index (κ1) is 19.4. The van der Waals surface area contributed by atoms with E-state index in [4.69, 9.17) is 0 Å². The Hall–Kier alpha value is -1.91. The summed E-state index contributed by atoms with van der Waals surface area (Å²) in [5, 5.41) is 0. The molecule has 0 bridgehead atoms. The number of anilines is 1. The molecule has 1 fully saturated rings. The number of hydrogen-bond donors (Lipinski definition) is 0. The maximum Gasteiger partial charge on any atom is 0.255 e. The number of likely N-dealkylation sites (tertiary alicyclic amines) is 1. The largest absolute Gasteiger partial charge is 0.360 e. The highest BCUT2D eigenvalue weighted by Gasteiger charge is 2.29. The Labute approximate surface area is 151 Å². The Balaban J connectivity index is 2.00. The van der Waals surface area contributed by atoms with Crippen molar-refractivity contribution in [2.75, 3.05) is 31.6 Å². The molecule has 25 heavy (non-hydrogen) atoms. The van der Waals surface area contributed by atoms with Gasteiger partial charge in [-0.05, 0) is 37.3 Å². The van der Waals surface area contributed by atoms with Crippen LogP contribution >= 0.6 is 0 Å². The third-order valence-corrected chi connectivity index (χ3v) is 4.72. The Kier molecular flexibility index (Phi) is 6.97. The number of rotatable bonds is 7. The summed E-state index contributed by atoms with van der Waals surface area (Å²) in [6, 6.07) is 3.74. The third kappa shape index (κ3) is 5.28. The standard InChI is InChI=1S/C20H31N3O2/c1-5-10-22(4)19-9-8-16(13-21-19)20(25)23-11-6-7-17(14-23)18(24)12-15(2)3/h8-9,13,15,17H,5-7,10-12,14H2,1-4H3. The fraction of sp³-hybridized carbons (Fsp3) is 0.650. The molecular formula is C20H31N3O2. The second kappa shape index (κ2) is 8.97. The molecule has 0 saturated carbocycles. The minimum absolute atomic E-state index is 0.0111. The summed E-state index contributed by atoms with van der Waals surface area (Å²) in [4.78, 5) is 33.4. The lowest BCUT2D eigenvalue weighted by Crippen LogP contribution is -2.42. The van der Waals surface area contributed by atoms with Gasteiger partial charge in [-0.2, -0.15) is 0 Å². The number of amides is 1. The first-order valence-electron chi connectivity index (χ1n) is 9.41. The molecule has 1 saturated heterocycles. The van der Waals surface area contributed by atoms with Crippen molar-refractivity contribution in [3.8, 4) is 0 Å². The Morgan fingerprint density at radius 2 is 2.12 bits per heavy atom. The highest BCUT2D eigenvalue weighted by atomic mass is 16.2. The van der Waals surface area contributed by atoms with Gasteiger partial charge in [-0.15, -0.1) is 0 Å². The minimum Gasteiger partial charge on any atom is -0.360 e. The summed E-state index contributed by atoms with van der Waals surface area (Å²) < 4.78 is 0. The lowest BCUT2D eigenvalue weighted by atomic mass is 9.89. The zero-order valence-electron chi connectivity index (χ0n) is 16.0. The van der Waals surface area contributed by atoms with E-state index < -0.39 is 0 Å². The van der Waals surface area contributed by atoms with Crippen LogP contribution in [0.15, 0.2) is 18.3 Å². The third-order valence-electron chi connectivity index (χ3n) is 4.72. The quantitative estimate of drug-likeness (QED) is 0.760. The van der Waals surface area contributed by atoms with Gasteiger partial charge < -0.3 is 9.80 Å². The monoisotopic (exact) mass is 345 g/mol. The van der Waals surface area contributed by atoms with Crippen LogP contribution in [0.4, 0.5) is 5.82 Å². The van der Waals surface area contributed by atoms with Crippen LogP contribution in [0.5, 0.6) is 0 Å². The number of pyridine rings is 1. The Morgan fingerprint density at radius 1 is 1.36 bits per heavy atom. The van der Waals surface area contributed by atoms with Crippen LogP contribution in [0, 0.1) is 11.8 Å². The van der Waals surface area contributed by atoms with Crippen molar-refractivity contribution >= 4 is 17.5 Å². The molecule has 1 amide bonds. The van der Waals surface area contributed by atoms with Crippen molar-refractivity contribution in [3.63, 3.8) is 0 Å². The molecule has 2 heterocycles. The van der Waals surface area contributed by atoms with E-state index in [1.165, 1.54) is 0 Å². The van der Waals surface area contributed by atoms with Gasteiger partial charge in [-0.1, -0.05) is 20.8 Å². The van der Waals surface area contributed by atoms with E-state index in [0.717, 1.165) is 38.2 Å². The molecule has 0 N–H and O–H groups in total. The van der Waals surface area contributed by atoms with Gasteiger partial charge in [0.2, 0.25) is 0 Å². The maximum absolute atomic E-state index is 12.8. The van der Waals surface area contributed by atoms with Crippen LogP contribution in [-0.2, 0) is 4.79 Å². The van der Waals surface area contributed by atoms with Crippen LogP contribution in [0.2, 0.25) is 0 Å². The summed E-state index contributed by atoms with van der Waals surface area (Å²) in [7, 11) is 2.00. The van der Waals surface area contributed by atoms with E-state index >= 15 is 0 Å². The first-order valence-corrected chi connectivity index (χ1v) is 9.41. The molecular weight excluding hydrogens is 314 g/mol. The Bertz CT molecular complexity index is 583. The van der Waals surface area contributed by atoms with Crippen molar-refractivity contribution in [2.24, 2.45) is 11.8 Å². The van der Waals surface area contributed by atoms with Gasteiger partial charge in [0.15, 0.2) is 0 Å². The molecule has 0 spiro atoms. The fourth-order valence-electron chi connectivity index (χ4n) is 3.36. The average Bonchev–Trinajstić information content (AvgIpc) is 2.61. The number of ketones is 1. The molecule has 1 unspecified atom stereocenters. The zero-order chi connectivity index (χ0) is 18.4. The van der Waals surface area contributed by atoms with Crippen molar-refractivity contribution in [3.05, 3.63) is 23.9 Å². The van der Waals surface area contributed by atoms with Gasteiger partial charge in [0, 0.05) is 45.2 Å². The first-order chi connectivity index (χ1) is 11.9. The summed E-state index contributed by atoms with van der Waals surface area (Å²) >= 11 is 0. The second-order valence-electron chi connectivity index (χ2n) is 7.48. The van der Waals surface area contributed by atoms with Gasteiger partial charge in [-0.25, -0.2) is 4.98 Å². The number of carbonyl (C=O) groups is 2. The van der Waals surface area contributed by atoms with Crippen LogP contribution in [0.1, 0.15) is 56.8 Å². The molecule has 138 valence electrons. The molecule has 1 atom stereocenters.